The Balaban J connectivity index is 0.00000264. The van der Waals surface area contributed by atoms with E-state index >= 15 is 0 Å². The van der Waals surface area contributed by atoms with Gasteiger partial charge in [-0.25, -0.2) is 0 Å². The number of nitrogens with zero attached hydrogens (tertiary/aromatic N) is 1. The lowest BCUT2D eigenvalue weighted by molar-refractivity contribution is -0.129. The minimum atomic E-state index is -0.475. The lowest BCUT2D eigenvalue weighted by Crippen LogP contribution is -2.53. The number of piperidine rings is 1. The number of para-hydroxylation sites is 1. The van der Waals surface area contributed by atoms with Gasteiger partial charge in [-0.15, -0.1) is 12.4 Å². The Hall–Kier alpha value is -1.63. The van der Waals surface area contributed by atoms with Gasteiger partial charge >= 0.3 is 0 Å². The molecule has 1 fully saturated rings. The molecule has 0 saturated carbocycles. The van der Waals surface area contributed by atoms with Crippen molar-refractivity contribution in [2.24, 2.45) is 5.73 Å². The summed E-state index contributed by atoms with van der Waals surface area (Å²) in [5, 5.41) is 2.80. The van der Waals surface area contributed by atoms with Crippen molar-refractivity contribution in [3.63, 3.8) is 0 Å². The van der Waals surface area contributed by atoms with Gasteiger partial charge in [0.15, 0.2) is 0 Å². The van der Waals surface area contributed by atoms with Gasteiger partial charge in [-0.2, -0.15) is 0 Å². The van der Waals surface area contributed by atoms with Gasteiger partial charge in [-0.05, 0) is 25.0 Å². The smallest absolute Gasteiger partial charge is 0.249 e. The first kappa shape index (κ1) is 19.4. The van der Waals surface area contributed by atoms with Gasteiger partial charge < -0.3 is 20.7 Å². The molecule has 0 radical (unpaired) electrons. The van der Waals surface area contributed by atoms with Crippen LogP contribution in [-0.2, 0) is 14.3 Å². The molecule has 7 heteroatoms. The van der Waals surface area contributed by atoms with Crippen molar-refractivity contribution in [3.05, 3.63) is 30.3 Å². The van der Waals surface area contributed by atoms with Gasteiger partial charge in [0.2, 0.25) is 11.8 Å². The van der Waals surface area contributed by atoms with Crippen molar-refractivity contribution in [3.8, 4) is 0 Å². The highest BCUT2D eigenvalue weighted by Crippen LogP contribution is 2.20. The van der Waals surface area contributed by atoms with Crippen molar-refractivity contribution in [1.82, 2.24) is 5.32 Å². The number of hydrogen-bond acceptors (Lipinski definition) is 4. The number of rotatable bonds is 6. The Bertz CT molecular complexity index is 509. The molecule has 3 N–H and O–H groups in total. The van der Waals surface area contributed by atoms with Gasteiger partial charge in [0.05, 0.1) is 12.5 Å². The third kappa shape index (κ3) is 5.20. The van der Waals surface area contributed by atoms with Crippen LogP contribution < -0.4 is 16.0 Å². The van der Waals surface area contributed by atoms with Crippen molar-refractivity contribution in [1.29, 1.82) is 0 Å². The van der Waals surface area contributed by atoms with Crippen LogP contribution in [0.3, 0.4) is 0 Å². The Morgan fingerprint density at radius 1 is 1.43 bits per heavy atom. The third-order valence-corrected chi connectivity index (χ3v) is 3.85. The van der Waals surface area contributed by atoms with Crippen LogP contribution in [0, 0.1) is 0 Å². The minimum Gasteiger partial charge on any atom is -0.380 e. The van der Waals surface area contributed by atoms with Gasteiger partial charge in [0, 0.05) is 25.9 Å². The van der Waals surface area contributed by atoms with Gasteiger partial charge in [-0.1, -0.05) is 18.2 Å². The number of carbonyl (C=O) groups is 2. The van der Waals surface area contributed by atoms with Crippen LogP contribution in [0.4, 0.5) is 5.69 Å². The summed E-state index contributed by atoms with van der Waals surface area (Å²) in [7, 11) is 1.52. The van der Waals surface area contributed by atoms with Crippen LogP contribution in [0.2, 0.25) is 0 Å². The van der Waals surface area contributed by atoms with Gasteiger partial charge in [0.25, 0.3) is 0 Å². The minimum absolute atomic E-state index is 0. The number of carbonyl (C=O) groups excluding carboxylic acids is 2. The van der Waals surface area contributed by atoms with Crippen LogP contribution in [-0.4, -0.2) is 44.2 Å². The lowest BCUT2D eigenvalue weighted by atomic mass is 10.0. The second-order valence-electron chi connectivity index (χ2n) is 5.39. The van der Waals surface area contributed by atoms with E-state index in [2.05, 4.69) is 5.32 Å². The van der Waals surface area contributed by atoms with E-state index in [1.165, 1.54) is 7.11 Å². The van der Waals surface area contributed by atoms with Gasteiger partial charge in [-0.3, -0.25) is 9.59 Å². The number of amides is 2. The zero-order valence-corrected chi connectivity index (χ0v) is 14.1. The average molecular weight is 342 g/mol. The van der Waals surface area contributed by atoms with E-state index in [4.69, 9.17) is 10.5 Å². The van der Waals surface area contributed by atoms with Crippen LogP contribution in [0.1, 0.15) is 19.3 Å². The molecule has 1 aliphatic rings. The third-order valence-electron chi connectivity index (χ3n) is 3.85. The molecule has 6 nitrogen and oxygen atoms in total. The molecule has 0 aliphatic carbocycles. The Morgan fingerprint density at radius 3 is 2.74 bits per heavy atom. The van der Waals surface area contributed by atoms with Crippen molar-refractivity contribution >= 4 is 29.9 Å². The maximum Gasteiger partial charge on any atom is 0.249 e. The number of methoxy groups -OCH3 is 1. The molecule has 2 amide bonds. The van der Waals surface area contributed by atoms with E-state index in [1.54, 1.807) is 4.90 Å². The maximum atomic E-state index is 12.5. The predicted molar refractivity (Wildman–Crippen MR) is 91.7 cm³/mol. The molecule has 2 rings (SSSR count). The highest BCUT2D eigenvalue weighted by atomic mass is 35.5. The fraction of sp³-hybridized carbons (Fsp3) is 0.500. The van der Waals surface area contributed by atoms with Crippen LogP contribution >= 0.6 is 12.4 Å². The van der Waals surface area contributed by atoms with Crippen molar-refractivity contribution < 1.29 is 14.3 Å². The summed E-state index contributed by atoms with van der Waals surface area (Å²) in [4.78, 5) is 26.3. The average Bonchev–Trinajstić information content (AvgIpc) is 2.55. The van der Waals surface area contributed by atoms with E-state index in [0.29, 0.717) is 13.0 Å². The number of benzene rings is 1. The van der Waals surface area contributed by atoms with E-state index in [0.717, 1.165) is 12.1 Å². The molecular formula is C16H24ClN3O3. The zero-order valence-electron chi connectivity index (χ0n) is 13.2. The predicted octanol–water partition coefficient (Wildman–Crippen LogP) is 1.08. The molecule has 1 saturated heterocycles. The van der Waals surface area contributed by atoms with Crippen LogP contribution in [0.25, 0.3) is 0 Å². The summed E-state index contributed by atoms with van der Waals surface area (Å²) in [6.45, 7) is 0.956. The van der Waals surface area contributed by atoms with Crippen molar-refractivity contribution in [2.45, 2.75) is 31.4 Å². The standard InChI is InChI=1S/C16H23N3O3.ClH/c1-22-13(11-17)10-15(20)18-14-8-5-9-19(16(14)21)12-6-3-2-4-7-12;/h2-4,6-7,13-14H,5,8-11,17H2,1H3,(H,18,20);1H. The fourth-order valence-corrected chi connectivity index (χ4v) is 2.60. The molecule has 1 aromatic carbocycles. The highest BCUT2D eigenvalue weighted by Gasteiger charge is 2.30. The zero-order chi connectivity index (χ0) is 15.9. The largest absolute Gasteiger partial charge is 0.380 e. The number of hydrogen-bond donors (Lipinski definition) is 2. The first-order valence-corrected chi connectivity index (χ1v) is 7.54. The molecule has 0 spiro atoms. The first-order valence-electron chi connectivity index (χ1n) is 7.54. The number of nitrogens with one attached hydrogen (secondary N) is 1. The topological polar surface area (TPSA) is 84.7 Å². The van der Waals surface area contributed by atoms with Gasteiger partial charge in [0.1, 0.15) is 6.04 Å². The SMILES string of the molecule is COC(CN)CC(=O)NC1CCCN(c2ccccc2)C1=O.Cl. The van der Waals surface area contributed by atoms with Crippen LogP contribution in [0.15, 0.2) is 30.3 Å². The summed E-state index contributed by atoms with van der Waals surface area (Å²) < 4.78 is 5.10. The summed E-state index contributed by atoms with van der Waals surface area (Å²) in [5.74, 6) is -0.266. The van der Waals surface area contributed by atoms with Crippen molar-refractivity contribution in [2.75, 3.05) is 25.1 Å². The summed E-state index contributed by atoms with van der Waals surface area (Å²) in [6.07, 6.45) is 1.37. The number of anilines is 1. The molecule has 128 valence electrons. The number of halogens is 1. The molecule has 2 unspecified atom stereocenters. The maximum absolute atomic E-state index is 12.5. The van der Waals surface area contributed by atoms with E-state index < -0.39 is 6.04 Å². The Morgan fingerprint density at radius 2 is 2.13 bits per heavy atom. The molecular weight excluding hydrogens is 318 g/mol. The second-order valence-corrected chi connectivity index (χ2v) is 5.39. The quantitative estimate of drug-likeness (QED) is 0.811. The summed E-state index contributed by atoms with van der Waals surface area (Å²) in [6, 6.07) is 9.03. The van der Waals surface area contributed by atoms with E-state index in [9.17, 15) is 9.59 Å². The molecule has 0 aromatic heterocycles. The van der Waals surface area contributed by atoms with E-state index in [-0.39, 0.29) is 43.3 Å². The Kier molecular flexibility index (Phi) is 8.02. The molecule has 1 aliphatic heterocycles. The van der Waals surface area contributed by atoms with Crippen LogP contribution in [0.5, 0.6) is 0 Å². The second kappa shape index (κ2) is 9.50. The first-order chi connectivity index (χ1) is 10.7. The molecule has 1 aromatic rings. The number of nitrogens with two attached hydrogens (primary N) is 1. The normalized spacial score (nSPS) is 19.0. The molecule has 23 heavy (non-hydrogen) atoms. The summed E-state index contributed by atoms with van der Waals surface area (Å²) in [5.41, 5.74) is 6.37. The molecule has 1 heterocycles. The molecule has 0 bridgehead atoms. The monoisotopic (exact) mass is 341 g/mol. The summed E-state index contributed by atoms with van der Waals surface area (Å²) >= 11 is 0. The fourth-order valence-electron chi connectivity index (χ4n) is 2.60. The highest BCUT2D eigenvalue weighted by molar-refractivity contribution is 5.99. The number of ether oxygens (including phenoxy) is 1. The van der Waals surface area contributed by atoms with E-state index in [1.807, 2.05) is 30.3 Å². The Labute approximate surface area is 142 Å². The molecule has 2 atom stereocenters. The lowest BCUT2D eigenvalue weighted by Gasteiger charge is -2.32.